The van der Waals surface area contributed by atoms with Crippen LogP contribution in [0.5, 0.6) is 11.5 Å². The molecule has 0 spiro atoms. The Morgan fingerprint density at radius 3 is 2.71 bits per heavy atom. The van der Waals surface area contributed by atoms with E-state index in [1.165, 1.54) is 11.8 Å². The first-order valence-electron chi connectivity index (χ1n) is 8.80. The van der Waals surface area contributed by atoms with E-state index in [1.54, 1.807) is 23.3 Å². The van der Waals surface area contributed by atoms with Crippen LogP contribution in [0, 0.1) is 6.92 Å². The third-order valence-corrected chi connectivity index (χ3v) is 6.19. The summed E-state index contributed by atoms with van der Waals surface area (Å²) in [7, 11) is 0. The summed E-state index contributed by atoms with van der Waals surface area (Å²) in [6.45, 7) is 2.00. The molecule has 2 aromatic carbocycles. The molecule has 1 saturated heterocycles. The topological polar surface area (TPSA) is 42.7 Å². The summed E-state index contributed by atoms with van der Waals surface area (Å²) in [4.78, 5) is 15.6. The molecule has 4 nitrogen and oxygen atoms in total. The lowest BCUT2D eigenvalue weighted by Crippen LogP contribution is -2.35. The molecule has 3 heterocycles. The van der Waals surface area contributed by atoms with Crippen molar-refractivity contribution in [3.8, 4) is 11.5 Å². The first kappa shape index (κ1) is 17.3. The number of nitrogens with zero attached hydrogens (tertiary/aromatic N) is 1. The average Bonchev–Trinajstić information content (AvgIpc) is 3.30. The highest BCUT2D eigenvalue weighted by Crippen LogP contribution is 2.50. The number of aryl methyl sites for hydroxylation is 1. The van der Waals surface area contributed by atoms with Crippen molar-refractivity contribution in [2.24, 2.45) is 0 Å². The van der Waals surface area contributed by atoms with Gasteiger partial charge in [-0.05, 0) is 30.7 Å². The summed E-state index contributed by atoms with van der Waals surface area (Å²) >= 11 is 6.91. The van der Waals surface area contributed by atoms with Crippen LogP contribution in [0.3, 0.4) is 0 Å². The van der Waals surface area contributed by atoms with Crippen LogP contribution < -0.4 is 4.74 Å². The molecule has 0 aliphatic carbocycles. The van der Waals surface area contributed by atoms with Gasteiger partial charge in [-0.25, -0.2) is 0 Å². The van der Waals surface area contributed by atoms with Crippen LogP contribution >= 0.6 is 24.0 Å². The van der Waals surface area contributed by atoms with Gasteiger partial charge in [0.25, 0.3) is 5.91 Å². The number of fused-ring (bicyclic) bond motifs is 2. The van der Waals surface area contributed by atoms with E-state index in [9.17, 15) is 4.79 Å². The van der Waals surface area contributed by atoms with Gasteiger partial charge in [-0.3, -0.25) is 9.69 Å². The van der Waals surface area contributed by atoms with E-state index in [2.05, 4.69) is 0 Å². The minimum atomic E-state index is -0.324. The number of benzene rings is 2. The van der Waals surface area contributed by atoms with Gasteiger partial charge in [0, 0.05) is 17.2 Å². The fourth-order valence-electron chi connectivity index (χ4n) is 3.59. The number of thioether (sulfide) groups is 1. The average molecular weight is 406 g/mol. The molecule has 1 unspecified atom stereocenters. The third-order valence-electron chi connectivity index (χ3n) is 4.86. The number of hydrogen-bond acceptors (Lipinski definition) is 5. The second kappa shape index (κ2) is 6.65. The minimum Gasteiger partial charge on any atom is -0.465 e. The van der Waals surface area contributed by atoms with Crippen molar-refractivity contribution < 1.29 is 13.9 Å². The van der Waals surface area contributed by atoms with Gasteiger partial charge in [-0.15, -0.1) is 0 Å². The van der Waals surface area contributed by atoms with Crippen molar-refractivity contribution in [2.45, 2.75) is 13.0 Å². The molecule has 0 bridgehead atoms. The van der Waals surface area contributed by atoms with Crippen LogP contribution in [0.4, 0.5) is 0 Å². The highest BCUT2D eigenvalue weighted by Gasteiger charge is 2.42. The number of para-hydroxylation sites is 2. The van der Waals surface area contributed by atoms with Crippen molar-refractivity contribution >= 4 is 40.3 Å². The number of thiocarbonyl (C=S) groups is 1. The second-order valence-corrected chi connectivity index (χ2v) is 8.28. The van der Waals surface area contributed by atoms with Gasteiger partial charge in [0.15, 0.2) is 0 Å². The highest BCUT2D eigenvalue weighted by molar-refractivity contribution is 8.26. The zero-order chi connectivity index (χ0) is 19.3. The van der Waals surface area contributed by atoms with E-state index in [4.69, 9.17) is 21.4 Å². The quantitative estimate of drug-likeness (QED) is 0.405. The van der Waals surface area contributed by atoms with Crippen LogP contribution in [0.15, 0.2) is 70.2 Å². The molecule has 138 valence electrons. The maximum absolute atomic E-state index is 13.3. The molecule has 1 aromatic heterocycles. The van der Waals surface area contributed by atoms with Crippen molar-refractivity contribution in [1.29, 1.82) is 0 Å². The number of amides is 1. The van der Waals surface area contributed by atoms with Gasteiger partial charge in [-0.2, -0.15) is 0 Å². The molecule has 1 fully saturated rings. The largest absolute Gasteiger partial charge is 0.465 e. The van der Waals surface area contributed by atoms with Crippen molar-refractivity contribution in [3.63, 3.8) is 0 Å². The van der Waals surface area contributed by atoms with E-state index >= 15 is 0 Å². The fraction of sp³-hybridized carbons (Fsp3) is 0.0909. The number of carbonyl (C=O) groups excluding carboxylic acids is 1. The van der Waals surface area contributed by atoms with Crippen molar-refractivity contribution in [3.05, 3.63) is 88.2 Å². The number of rotatable bonds is 2. The SMILES string of the molecule is Cc1cccc2c1Oc1ccccc1C2N1C(=O)/C(=C/c2ccco2)SC1=S. The van der Waals surface area contributed by atoms with Gasteiger partial charge in [0.2, 0.25) is 0 Å². The van der Waals surface area contributed by atoms with E-state index in [1.807, 2.05) is 55.5 Å². The Bertz CT molecular complexity index is 1130. The molecule has 1 amide bonds. The van der Waals surface area contributed by atoms with Crippen LogP contribution in [0.25, 0.3) is 6.08 Å². The number of ether oxygens (including phenoxy) is 1. The molecule has 2 aliphatic rings. The molecule has 28 heavy (non-hydrogen) atoms. The van der Waals surface area contributed by atoms with Gasteiger partial charge < -0.3 is 9.15 Å². The lowest BCUT2D eigenvalue weighted by molar-refractivity contribution is -0.123. The van der Waals surface area contributed by atoms with Crippen LogP contribution in [0.1, 0.15) is 28.5 Å². The summed E-state index contributed by atoms with van der Waals surface area (Å²) in [5.74, 6) is 2.04. The Labute approximate surface area is 171 Å². The smallest absolute Gasteiger partial charge is 0.267 e. The Morgan fingerprint density at radius 2 is 1.89 bits per heavy atom. The van der Waals surface area contributed by atoms with Crippen LogP contribution in [-0.2, 0) is 4.79 Å². The monoisotopic (exact) mass is 405 g/mol. The molecule has 0 N–H and O–H groups in total. The predicted molar refractivity (Wildman–Crippen MR) is 113 cm³/mol. The van der Waals surface area contributed by atoms with Gasteiger partial charge in [-0.1, -0.05) is 60.4 Å². The molecule has 5 rings (SSSR count). The minimum absolute atomic E-state index is 0.124. The Kier molecular flexibility index (Phi) is 4.10. The number of carbonyl (C=O) groups is 1. The molecule has 0 saturated carbocycles. The zero-order valence-electron chi connectivity index (χ0n) is 14.9. The summed E-state index contributed by atoms with van der Waals surface area (Å²) < 4.78 is 12.1. The summed E-state index contributed by atoms with van der Waals surface area (Å²) in [6, 6.07) is 17.1. The lowest BCUT2D eigenvalue weighted by Gasteiger charge is -2.34. The van der Waals surface area contributed by atoms with Gasteiger partial charge >= 0.3 is 0 Å². The molecule has 6 heteroatoms. The molecular formula is C22H15NO3S2. The predicted octanol–water partition coefficient (Wildman–Crippen LogP) is 5.68. The second-order valence-electron chi connectivity index (χ2n) is 6.60. The van der Waals surface area contributed by atoms with Gasteiger partial charge in [0.05, 0.1) is 17.2 Å². The number of furan rings is 1. The maximum Gasteiger partial charge on any atom is 0.267 e. The Hall–Kier alpha value is -2.83. The van der Waals surface area contributed by atoms with E-state index in [0.717, 1.165) is 28.2 Å². The molecule has 1 atom stereocenters. The van der Waals surface area contributed by atoms with Crippen LogP contribution in [-0.4, -0.2) is 15.1 Å². The van der Waals surface area contributed by atoms with Crippen molar-refractivity contribution in [1.82, 2.24) is 4.90 Å². The Balaban J connectivity index is 1.64. The fourth-order valence-corrected chi connectivity index (χ4v) is 4.88. The molecule has 0 radical (unpaired) electrons. The Morgan fingerprint density at radius 1 is 1.07 bits per heavy atom. The van der Waals surface area contributed by atoms with Crippen LogP contribution in [0.2, 0.25) is 0 Å². The normalized spacial score (nSPS) is 19.5. The lowest BCUT2D eigenvalue weighted by atomic mass is 9.92. The van der Waals surface area contributed by atoms with Gasteiger partial charge in [0.1, 0.15) is 21.6 Å². The van der Waals surface area contributed by atoms with E-state index in [0.29, 0.717) is 15.0 Å². The van der Waals surface area contributed by atoms with E-state index < -0.39 is 0 Å². The first-order valence-corrected chi connectivity index (χ1v) is 10.0. The molecule has 3 aromatic rings. The maximum atomic E-state index is 13.3. The number of hydrogen-bond donors (Lipinski definition) is 0. The zero-order valence-corrected chi connectivity index (χ0v) is 16.5. The molecular weight excluding hydrogens is 390 g/mol. The van der Waals surface area contributed by atoms with Crippen molar-refractivity contribution in [2.75, 3.05) is 0 Å². The standard InChI is InChI=1S/C22H15NO3S2/c1-13-6-4-9-16-19(15-8-2-3-10-17(15)26-20(13)16)23-21(24)18(28-22(23)27)12-14-7-5-11-25-14/h2-12,19H,1H3/b18-12-. The van der Waals surface area contributed by atoms with E-state index in [-0.39, 0.29) is 11.9 Å². The first-order chi connectivity index (χ1) is 13.6. The highest BCUT2D eigenvalue weighted by atomic mass is 32.2. The summed E-state index contributed by atoms with van der Waals surface area (Å²) in [6.07, 6.45) is 3.32. The summed E-state index contributed by atoms with van der Waals surface area (Å²) in [5.41, 5.74) is 2.89. The third kappa shape index (κ3) is 2.68. The molecule has 2 aliphatic heterocycles. The summed E-state index contributed by atoms with van der Waals surface area (Å²) in [5, 5.41) is 0.